The fourth-order valence-corrected chi connectivity index (χ4v) is 1.86. The first-order valence-corrected chi connectivity index (χ1v) is 6.42. The fraction of sp³-hybridized carbons (Fsp3) is 0.462. The van der Waals surface area contributed by atoms with Crippen LogP contribution in [-0.2, 0) is 11.0 Å². The summed E-state index contributed by atoms with van der Waals surface area (Å²) in [5, 5.41) is 2.25. The maximum atomic E-state index is 12.5. The maximum absolute atomic E-state index is 12.5. The van der Waals surface area contributed by atoms with Gasteiger partial charge in [0, 0.05) is 0 Å². The Morgan fingerprint density at radius 1 is 1.40 bits per heavy atom. The zero-order chi connectivity index (χ0) is 15.5. The summed E-state index contributed by atoms with van der Waals surface area (Å²) >= 11 is 5.73. The lowest BCUT2D eigenvalue weighted by Crippen LogP contribution is -2.36. The molecule has 0 aliphatic rings. The minimum Gasteiger partial charge on any atom is -0.323 e. The van der Waals surface area contributed by atoms with Gasteiger partial charge in [-0.1, -0.05) is 25.4 Å². The second-order valence-corrected chi connectivity index (χ2v) is 5.32. The van der Waals surface area contributed by atoms with Gasteiger partial charge in [-0.25, -0.2) is 0 Å². The van der Waals surface area contributed by atoms with Crippen molar-refractivity contribution in [2.24, 2.45) is 11.7 Å². The topological polar surface area (TPSA) is 55.1 Å². The van der Waals surface area contributed by atoms with E-state index < -0.39 is 23.7 Å². The molecule has 0 heterocycles. The zero-order valence-electron chi connectivity index (χ0n) is 11.1. The molecule has 112 valence electrons. The molecule has 0 unspecified atom stereocenters. The summed E-state index contributed by atoms with van der Waals surface area (Å²) < 4.78 is 37.4. The van der Waals surface area contributed by atoms with Crippen LogP contribution in [0.5, 0.6) is 0 Å². The summed E-state index contributed by atoms with van der Waals surface area (Å²) in [5.41, 5.74) is 4.93. The predicted molar refractivity (Wildman–Crippen MR) is 72.5 cm³/mol. The van der Waals surface area contributed by atoms with Crippen molar-refractivity contribution in [3.05, 3.63) is 28.8 Å². The first kappa shape index (κ1) is 16.8. The van der Waals surface area contributed by atoms with Gasteiger partial charge in [-0.05, 0) is 30.5 Å². The number of nitrogens with one attached hydrogen (secondary N) is 1. The highest BCUT2D eigenvalue weighted by Crippen LogP contribution is 2.33. The van der Waals surface area contributed by atoms with Crippen molar-refractivity contribution < 1.29 is 18.0 Å². The average Bonchev–Trinajstić information content (AvgIpc) is 2.29. The van der Waals surface area contributed by atoms with Crippen LogP contribution in [0, 0.1) is 5.92 Å². The Kier molecular flexibility index (Phi) is 5.42. The van der Waals surface area contributed by atoms with Crippen LogP contribution in [-0.4, -0.2) is 11.9 Å². The van der Waals surface area contributed by atoms with Gasteiger partial charge in [-0.15, -0.1) is 0 Å². The molecule has 0 aliphatic heterocycles. The summed E-state index contributed by atoms with van der Waals surface area (Å²) in [5.74, 6) is -0.237. The lowest BCUT2D eigenvalue weighted by atomic mass is 10.0. The quantitative estimate of drug-likeness (QED) is 0.891. The number of carbonyl (C=O) groups is 1. The molecule has 7 heteroatoms. The molecule has 3 N–H and O–H groups in total. The van der Waals surface area contributed by atoms with E-state index in [1.165, 1.54) is 0 Å². The SMILES string of the molecule is CC(C)C[C@@H](N)C(=O)Nc1ccc(C(F)(F)F)cc1Cl. The number of halogens is 4. The molecule has 1 amide bonds. The zero-order valence-corrected chi connectivity index (χ0v) is 11.8. The Morgan fingerprint density at radius 3 is 2.45 bits per heavy atom. The molecule has 1 atom stereocenters. The number of hydrogen-bond donors (Lipinski definition) is 2. The lowest BCUT2D eigenvalue weighted by molar-refractivity contribution is -0.137. The maximum Gasteiger partial charge on any atom is 0.416 e. The van der Waals surface area contributed by atoms with Crippen molar-refractivity contribution in [2.45, 2.75) is 32.5 Å². The molecular weight excluding hydrogens is 293 g/mol. The smallest absolute Gasteiger partial charge is 0.323 e. The highest BCUT2D eigenvalue weighted by molar-refractivity contribution is 6.33. The van der Waals surface area contributed by atoms with Gasteiger partial charge in [0.15, 0.2) is 0 Å². The van der Waals surface area contributed by atoms with Crippen molar-refractivity contribution in [1.29, 1.82) is 0 Å². The molecule has 0 fully saturated rings. The highest BCUT2D eigenvalue weighted by atomic mass is 35.5. The molecule has 1 rings (SSSR count). The predicted octanol–water partition coefficient (Wildman–Crippen LogP) is 3.67. The molecule has 0 radical (unpaired) electrons. The minimum atomic E-state index is -4.47. The molecule has 1 aromatic rings. The Labute approximate surface area is 120 Å². The van der Waals surface area contributed by atoms with E-state index in [0.717, 1.165) is 18.2 Å². The molecule has 0 saturated carbocycles. The van der Waals surface area contributed by atoms with Crippen LogP contribution in [0.1, 0.15) is 25.8 Å². The third-order valence-corrected chi connectivity index (χ3v) is 2.93. The van der Waals surface area contributed by atoms with Gasteiger partial charge < -0.3 is 11.1 Å². The molecule has 3 nitrogen and oxygen atoms in total. The first-order chi connectivity index (χ1) is 9.11. The van der Waals surface area contributed by atoms with E-state index in [-0.39, 0.29) is 16.6 Å². The Balaban J connectivity index is 2.81. The van der Waals surface area contributed by atoms with Crippen LogP contribution in [0.3, 0.4) is 0 Å². The lowest BCUT2D eigenvalue weighted by Gasteiger charge is -2.15. The summed E-state index contributed by atoms with van der Waals surface area (Å²) in [6, 6.07) is 2.01. The first-order valence-electron chi connectivity index (χ1n) is 6.04. The monoisotopic (exact) mass is 308 g/mol. The molecule has 0 aromatic heterocycles. The van der Waals surface area contributed by atoms with Gasteiger partial charge in [0.2, 0.25) is 5.91 Å². The third-order valence-electron chi connectivity index (χ3n) is 2.62. The molecule has 20 heavy (non-hydrogen) atoms. The molecule has 0 spiro atoms. The largest absolute Gasteiger partial charge is 0.416 e. The number of alkyl halides is 3. The van der Waals surface area contributed by atoms with Crippen molar-refractivity contribution in [3.63, 3.8) is 0 Å². The van der Waals surface area contributed by atoms with Gasteiger partial charge in [-0.3, -0.25) is 4.79 Å². The van der Waals surface area contributed by atoms with E-state index in [1.807, 2.05) is 13.8 Å². The van der Waals surface area contributed by atoms with Gasteiger partial charge in [0.25, 0.3) is 0 Å². The molecule has 0 aliphatic carbocycles. The summed E-state index contributed by atoms with van der Waals surface area (Å²) in [4.78, 5) is 11.8. The number of amides is 1. The second-order valence-electron chi connectivity index (χ2n) is 4.92. The van der Waals surface area contributed by atoms with E-state index in [2.05, 4.69) is 5.32 Å². The van der Waals surface area contributed by atoms with Crippen LogP contribution >= 0.6 is 11.6 Å². The van der Waals surface area contributed by atoms with Crippen LogP contribution in [0.4, 0.5) is 18.9 Å². The van der Waals surface area contributed by atoms with Crippen molar-refractivity contribution in [2.75, 3.05) is 5.32 Å². The van der Waals surface area contributed by atoms with Crippen molar-refractivity contribution in [3.8, 4) is 0 Å². The Hall–Kier alpha value is -1.27. The number of nitrogens with two attached hydrogens (primary N) is 1. The molecular formula is C13H16ClF3N2O. The van der Waals surface area contributed by atoms with E-state index in [9.17, 15) is 18.0 Å². The van der Waals surface area contributed by atoms with E-state index >= 15 is 0 Å². The van der Waals surface area contributed by atoms with E-state index in [4.69, 9.17) is 17.3 Å². The van der Waals surface area contributed by atoms with Crippen LogP contribution < -0.4 is 11.1 Å². The molecule has 0 bridgehead atoms. The van der Waals surface area contributed by atoms with Crippen molar-refractivity contribution in [1.82, 2.24) is 0 Å². The van der Waals surface area contributed by atoms with Crippen LogP contribution in [0.25, 0.3) is 0 Å². The van der Waals surface area contributed by atoms with Gasteiger partial charge in [0.05, 0.1) is 22.3 Å². The van der Waals surface area contributed by atoms with E-state index in [1.54, 1.807) is 0 Å². The number of benzene rings is 1. The standard InChI is InChI=1S/C13H16ClF3N2O/c1-7(2)5-10(18)12(20)19-11-4-3-8(6-9(11)14)13(15,16)17/h3-4,6-7,10H,5,18H2,1-2H3,(H,19,20)/t10-/m1/s1. The summed E-state index contributed by atoms with van der Waals surface area (Å²) in [7, 11) is 0. The van der Waals surface area contributed by atoms with Crippen LogP contribution in [0.2, 0.25) is 5.02 Å². The summed E-state index contributed by atoms with van der Waals surface area (Å²) in [6.45, 7) is 3.83. The molecule has 1 aromatic carbocycles. The third kappa shape index (κ3) is 4.68. The van der Waals surface area contributed by atoms with Gasteiger partial charge >= 0.3 is 6.18 Å². The second kappa shape index (κ2) is 6.45. The van der Waals surface area contributed by atoms with E-state index in [0.29, 0.717) is 6.42 Å². The fourth-order valence-electron chi connectivity index (χ4n) is 1.63. The Bertz CT molecular complexity index is 489. The minimum absolute atomic E-state index is 0.115. The van der Waals surface area contributed by atoms with Crippen LogP contribution in [0.15, 0.2) is 18.2 Å². The number of hydrogen-bond acceptors (Lipinski definition) is 2. The average molecular weight is 309 g/mol. The summed E-state index contributed by atoms with van der Waals surface area (Å²) in [6.07, 6.45) is -4.00. The van der Waals surface area contributed by atoms with Gasteiger partial charge in [-0.2, -0.15) is 13.2 Å². The van der Waals surface area contributed by atoms with Crippen molar-refractivity contribution >= 4 is 23.2 Å². The molecule has 0 saturated heterocycles. The number of anilines is 1. The Morgan fingerprint density at radius 2 is 2.00 bits per heavy atom. The number of carbonyl (C=O) groups excluding carboxylic acids is 1. The normalized spacial score (nSPS) is 13.4. The highest BCUT2D eigenvalue weighted by Gasteiger charge is 2.31. The van der Waals surface area contributed by atoms with Gasteiger partial charge in [0.1, 0.15) is 0 Å². The number of rotatable bonds is 4.